The molecule has 0 amide bonds. The summed E-state index contributed by atoms with van der Waals surface area (Å²) in [5.74, 6) is 0.440. The van der Waals surface area contributed by atoms with E-state index in [2.05, 4.69) is 18.2 Å². The average molecular weight is 436 g/mol. The Morgan fingerprint density at radius 3 is 2.61 bits per heavy atom. The van der Waals surface area contributed by atoms with Gasteiger partial charge >= 0.3 is 0 Å². The summed E-state index contributed by atoms with van der Waals surface area (Å²) in [6.45, 7) is 1.05. The molecule has 0 radical (unpaired) electrons. The predicted octanol–water partition coefficient (Wildman–Crippen LogP) is 5.64. The standard InChI is InChI=1S/C22H23Cl2NO2S/c23-19-5-4-15(12-20(19)24)14-28(26,27)25-11-7-16-6-8-22(9-10-22)18-3-1-2-17(13-25)21(16)18/h1-5,12,16H,6-11,13-14H2. The van der Waals surface area contributed by atoms with Gasteiger partial charge in [-0.25, -0.2) is 8.42 Å². The van der Waals surface area contributed by atoms with Crippen LogP contribution in [0.3, 0.4) is 0 Å². The van der Waals surface area contributed by atoms with Crippen LogP contribution in [0.15, 0.2) is 36.4 Å². The third-order valence-corrected chi connectivity index (χ3v) is 9.34. The van der Waals surface area contributed by atoms with Crippen molar-refractivity contribution in [1.82, 2.24) is 4.31 Å². The number of hydrogen-bond donors (Lipinski definition) is 0. The second-order valence-corrected chi connectivity index (χ2v) is 11.3. The predicted molar refractivity (Wildman–Crippen MR) is 113 cm³/mol. The van der Waals surface area contributed by atoms with Crippen molar-refractivity contribution in [2.45, 2.75) is 55.7 Å². The van der Waals surface area contributed by atoms with Gasteiger partial charge in [-0.2, -0.15) is 4.31 Å². The monoisotopic (exact) mass is 435 g/mol. The maximum Gasteiger partial charge on any atom is 0.218 e. The van der Waals surface area contributed by atoms with Crippen LogP contribution in [0.25, 0.3) is 0 Å². The molecule has 1 unspecified atom stereocenters. The Morgan fingerprint density at radius 1 is 1.04 bits per heavy atom. The van der Waals surface area contributed by atoms with Crippen molar-refractivity contribution in [3.63, 3.8) is 0 Å². The molecule has 1 spiro atoms. The molecule has 0 aromatic heterocycles. The Hall–Kier alpha value is -1.07. The maximum atomic E-state index is 13.2. The lowest BCUT2D eigenvalue weighted by atomic mass is 9.72. The minimum atomic E-state index is -3.44. The van der Waals surface area contributed by atoms with E-state index in [0.717, 1.165) is 6.42 Å². The van der Waals surface area contributed by atoms with Crippen LogP contribution in [0, 0.1) is 0 Å². The molecule has 5 rings (SSSR count). The number of hydrogen-bond acceptors (Lipinski definition) is 2. The summed E-state index contributed by atoms with van der Waals surface area (Å²) in [6.07, 6.45) is 5.92. The number of halogens is 2. The topological polar surface area (TPSA) is 37.4 Å². The Bertz CT molecular complexity index is 1050. The van der Waals surface area contributed by atoms with Crippen LogP contribution in [-0.4, -0.2) is 19.3 Å². The molecule has 0 bridgehead atoms. The molecule has 0 saturated heterocycles. The Balaban J connectivity index is 1.46. The number of nitrogens with zero attached hydrogens (tertiary/aromatic N) is 1. The first-order valence-corrected chi connectivity index (χ1v) is 12.3. The largest absolute Gasteiger partial charge is 0.218 e. The molecular weight excluding hydrogens is 413 g/mol. The highest BCUT2D eigenvalue weighted by atomic mass is 35.5. The van der Waals surface area contributed by atoms with Crippen LogP contribution in [0.4, 0.5) is 0 Å². The zero-order valence-corrected chi connectivity index (χ0v) is 18.0. The third-order valence-electron chi connectivity index (χ3n) is 6.80. The Kier molecular flexibility index (Phi) is 4.55. The van der Waals surface area contributed by atoms with Crippen molar-refractivity contribution in [3.05, 3.63) is 68.7 Å². The molecule has 1 saturated carbocycles. The smallest absolute Gasteiger partial charge is 0.212 e. The summed E-state index contributed by atoms with van der Waals surface area (Å²) < 4.78 is 28.1. The van der Waals surface area contributed by atoms with Gasteiger partial charge in [0.2, 0.25) is 10.0 Å². The Morgan fingerprint density at radius 2 is 1.86 bits per heavy atom. The van der Waals surface area contributed by atoms with E-state index in [9.17, 15) is 8.42 Å². The highest BCUT2D eigenvalue weighted by Gasteiger charge is 2.49. The second kappa shape index (κ2) is 6.73. The molecule has 2 aromatic carbocycles. The van der Waals surface area contributed by atoms with Crippen LogP contribution in [-0.2, 0) is 27.7 Å². The molecule has 1 heterocycles. The first-order chi connectivity index (χ1) is 13.4. The molecule has 3 aliphatic rings. The van der Waals surface area contributed by atoms with Crippen molar-refractivity contribution in [2.24, 2.45) is 0 Å². The lowest BCUT2D eigenvalue weighted by Crippen LogP contribution is -2.32. The van der Waals surface area contributed by atoms with Crippen LogP contribution in [0.5, 0.6) is 0 Å². The summed E-state index contributed by atoms with van der Waals surface area (Å²) in [5.41, 5.74) is 5.23. The van der Waals surface area contributed by atoms with Gasteiger partial charge in [-0.3, -0.25) is 0 Å². The van der Waals surface area contributed by atoms with Crippen molar-refractivity contribution in [1.29, 1.82) is 0 Å². The van der Waals surface area contributed by atoms with E-state index in [-0.39, 0.29) is 5.75 Å². The summed E-state index contributed by atoms with van der Waals surface area (Å²) in [5, 5.41) is 0.829. The lowest BCUT2D eigenvalue weighted by molar-refractivity contribution is 0.385. The zero-order valence-electron chi connectivity index (χ0n) is 15.6. The Labute approximate surface area is 176 Å². The van der Waals surface area contributed by atoms with Gasteiger partial charge in [0, 0.05) is 13.1 Å². The minimum Gasteiger partial charge on any atom is -0.212 e. The first-order valence-electron chi connectivity index (χ1n) is 9.92. The SMILES string of the molecule is O=S(=O)(Cc1ccc(Cl)c(Cl)c1)N1CCC2CCC3(CC3)c3cccc(c32)C1. The van der Waals surface area contributed by atoms with Gasteiger partial charge < -0.3 is 0 Å². The number of benzene rings is 2. The molecule has 1 aliphatic heterocycles. The van der Waals surface area contributed by atoms with E-state index >= 15 is 0 Å². The fourth-order valence-corrected chi connectivity index (χ4v) is 6.94. The summed E-state index contributed by atoms with van der Waals surface area (Å²) in [6, 6.07) is 11.6. The summed E-state index contributed by atoms with van der Waals surface area (Å²) in [7, 11) is -3.44. The summed E-state index contributed by atoms with van der Waals surface area (Å²) in [4.78, 5) is 0. The van der Waals surface area contributed by atoms with Crippen LogP contribution >= 0.6 is 23.2 Å². The third kappa shape index (κ3) is 3.19. The molecular formula is C22H23Cl2NO2S. The van der Waals surface area contributed by atoms with E-state index in [1.54, 1.807) is 22.5 Å². The highest BCUT2D eigenvalue weighted by Crippen LogP contribution is 2.59. The average Bonchev–Trinajstić information content (AvgIpc) is 3.45. The molecule has 2 aliphatic carbocycles. The van der Waals surface area contributed by atoms with Gasteiger partial charge in [0.25, 0.3) is 0 Å². The van der Waals surface area contributed by atoms with Crippen molar-refractivity contribution in [3.8, 4) is 0 Å². The number of sulfonamides is 1. The molecule has 1 fully saturated rings. The van der Waals surface area contributed by atoms with E-state index in [0.29, 0.717) is 40.0 Å². The van der Waals surface area contributed by atoms with Gasteiger partial charge in [-0.15, -0.1) is 0 Å². The quantitative estimate of drug-likeness (QED) is 0.625. The van der Waals surface area contributed by atoms with Crippen LogP contribution in [0.1, 0.15) is 60.3 Å². The summed E-state index contributed by atoms with van der Waals surface area (Å²) >= 11 is 12.0. The van der Waals surface area contributed by atoms with Crippen LogP contribution in [0.2, 0.25) is 10.0 Å². The maximum absolute atomic E-state index is 13.2. The lowest BCUT2D eigenvalue weighted by Gasteiger charge is -2.32. The molecule has 28 heavy (non-hydrogen) atoms. The number of fused-ring (bicyclic) bond motifs is 1. The molecule has 3 nitrogen and oxygen atoms in total. The van der Waals surface area contributed by atoms with E-state index in [4.69, 9.17) is 23.2 Å². The van der Waals surface area contributed by atoms with Crippen molar-refractivity contribution >= 4 is 33.2 Å². The highest BCUT2D eigenvalue weighted by molar-refractivity contribution is 7.88. The van der Waals surface area contributed by atoms with Gasteiger partial charge in [-0.05, 0) is 77.8 Å². The van der Waals surface area contributed by atoms with Gasteiger partial charge in [0.05, 0.1) is 15.8 Å². The molecule has 1 atom stereocenters. The first kappa shape index (κ1) is 18.9. The molecule has 6 heteroatoms. The molecule has 148 valence electrons. The molecule has 2 aromatic rings. The van der Waals surface area contributed by atoms with E-state index in [1.165, 1.54) is 42.4 Å². The minimum absolute atomic E-state index is 0.0481. The van der Waals surface area contributed by atoms with Crippen molar-refractivity contribution < 1.29 is 8.42 Å². The molecule has 0 N–H and O–H groups in total. The van der Waals surface area contributed by atoms with Gasteiger partial charge in [-0.1, -0.05) is 47.5 Å². The zero-order chi connectivity index (χ0) is 19.5. The van der Waals surface area contributed by atoms with Crippen molar-refractivity contribution in [2.75, 3.05) is 6.54 Å². The normalized spacial score (nSPS) is 23.3. The van der Waals surface area contributed by atoms with Gasteiger partial charge in [0.1, 0.15) is 0 Å². The second-order valence-electron chi connectivity index (χ2n) is 8.52. The van der Waals surface area contributed by atoms with Gasteiger partial charge in [0.15, 0.2) is 0 Å². The van der Waals surface area contributed by atoms with Crippen LogP contribution < -0.4 is 0 Å². The van der Waals surface area contributed by atoms with E-state index in [1.807, 2.05) is 0 Å². The number of rotatable bonds is 3. The van der Waals surface area contributed by atoms with E-state index < -0.39 is 10.0 Å². The fourth-order valence-electron chi connectivity index (χ4n) is 5.12. The fraction of sp³-hybridized carbons (Fsp3) is 0.455.